The number of phenols is 1. The number of hydrogen-bond acceptors (Lipinski definition) is 10. The second-order valence-corrected chi connectivity index (χ2v) is 13.5. The van der Waals surface area contributed by atoms with Crippen LogP contribution in [0.15, 0.2) is 6.07 Å². The zero-order valence-corrected chi connectivity index (χ0v) is 25.7. The number of phenolic OH excluding ortho intramolecular Hbond substituents is 1. The minimum absolute atomic E-state index is 0.0223. The topological polar surface area (TPSA) is 168 Å². The van der Waals surface area contributed by atoms with Gasteiger partial charge in [0.25, 0.3) is 0 Å². The van der Waals surface area contributed by atoms with E-state index in [1.807, 2.05) is 13.8 Å². The molecule has 0 aliphatic heterocycles. The molecule has 234 valence electrons. The molecule has 3 saturated carbocycles. The Morgan fingerprint density at radius 2 is 1.86 bits per heavy atom. The van der Waals surface area contributed by atoms with E-state index < -0.39 is 64.4 Å². The molecule has 0 spiro atoms. The molecule has 12 heteroatoms. The number of primary amides is 1. The van der Waals surface area contributed by atoms with Gasteiger partial charge in [0.05, 0.1) is 30.2 Å². The summed E-state index contributed by atoms with van der Waals surface area (Å²) in [6, 6.07) is 0.295. The number of likely N-dealkylation sites (N-methyl/N-ethyl adjacent to an activating group) is 1. The van der Waals surface area contributed by atoms with Crippen molar-refractivity contribution in [3.63, 3.8) is 0 Å². The number of ether oxygens (including phenoxy) is 1. The Hall–Kier alpha value is -2.70. The van der Waals surface area contributed by atoms with Crippen molar-refractivity contribution in [3.8, 4) is 5.75 Å². The molecule has 4 N–H and O–H groups in total. The number of aromatic hydroxyl groups is 1. The average molecular weight is 618 g/mol. The number of fused-ring (bicyclic) bond motifs is 3. The standard InChI is InChI=1S/C31H40ClN3O8/c1-14(2)43-8-7-35(12-15-5-6-15)13-17-11-20(36)22-18(24(17)32)9-16-10-19-25(34(3)4)27(38)23(30(33)41)29(40)31(19,42)28(39)21(16)26(22)37/h11,14-16,19,21,23,25,36,42H,5-10,12-13H2,1-4H3,(H2,33,41)/t16-,19-,21?,23?,25-,31-/m0/s1. The summed E-state index contributed by atoms with van der Waals surface area (Å²) in [7, 11) is 3.10. The molecular weight excluding hydrogens is 578 g/mol. The summed E-state index contributed by atoms with van der Waals surface area (Å²) in [6.07, 6.45) is 2.51. The fourth-order valence-corrected chi connectivity index (χ4v) is 7.67. The van der Waals surface area contributed by atoms with Crippen molar-refractivity contribution < 1.29 is 38.9 Å². The highest BCUT2D eigenvalue weighted by Crippen LogP contribution is 2.52. The minimum Gasteiger partial charge on any atom is -0.507 e. The lowest BCUT2D eigenvalue weighted by molar-refractivity contribution is -0.181. The highest BCUT2D eigenvalue weighted by atomic mass is 35.5. The van der Waals surface area contributed by atoms with Gasteiger partial charge >= 0.3 is 0 Å². The van der Waals surface area contributed by atoms with Gasteiger partial charge in [0.15, 0.2) is 34.7 Å². The second-order valence-electron chi connectivity index (χ2n) is 13.1. The van der Waals surface area contributed by atoms with Crippen molar-refractivity contribution in [2.24, 2.45) is 35.3 Å². The molecule has 1 aromatic carbocycles. The van der Waals surface area contributed by atoms with Crippen LogP contribution in [-0.2, 0) is 36.9 Å². The van der Waals surface area contributed by atoms with Gasteiger partial charge in [-0.2, -0.15) is 0 Å². The lowest BCUT2D eigenvalue weighted by atomic mass is 9.52. The molecule has 3 fully saturated rings. The Kier molecular flexibility index (Phi) is 8.60. The minimum atomic E-state index is -2.75. The fourth-order valence-electron chi connectivity index (χ4n) is 7.38. The van der Waals surface area contributed by atoms with E-state index in [0.29, 0.717) is 41.8 Å². The van der Waals surface area contributed by atoms with Gasteiger partial charge in [-0.05, 0) is 82.7 Å². The van der Waals surface area contributed by atoms with E-state index in [-0.39, 0.29) is 30.3 Å². The number of nitrogens with zero attached hydrogens (tertiary/aromatic N) is 2. The number of rotatable bonds is 10. The predicted octanol–water partition coefficient (Wildman–Crippen LogP) is 1.16. The lowest BCUT2D eigenvalue weighted by Crippen LogP contribution is -2.74. The summed E-state index contributed by atoms with van der Waals surface area (Å²) in [5.41, 5.74) is 3.57. The number of Topliss-reactive ketones (excluding diaryl/α,β-unsaturated/α-hetero) is 4. The highest BCUT2D eigenvalue weighted by molar-refractivity contribution is 6.34. The molecule has 0 radical (unpaired) electrons. The third-order valence-electron chi connectivity index (χ3n) is 9.54. The van der Waals surface area contributed by atoms with Crippen molar-refractivity contribution >= 4 is 40.6 Å². The van der Waals surface area contributed by atoms with Crippen molar-refractivity contribution in [1.82, 2.24) is 9.80 Å². The molecule has 0 saturated heterocycles. The number of aliphatic hydroxyl groups is 1. The number of carbonyl (C=O) groups excluding carboxylic acids is 5. The third-order valence-corrected chi connectivity index (χ3v) is 10.0. The van der Waals surface area contributed by atoms with Crippen molar-refractivity contribution in [2.45, 2.75) is 63.8 Å². The summed E-state index contributed by atoms with van der Waals surface area (Å²) in [5.74, 6) is -10.2. The van der Waals surface area contributed by atoms with Gasteiger partial charge in [-0.25, -0.2) is 0 Å². The van der Waals surface area contributed by atoms with E-state index in [1.165, 1.54) is 11.0 Å². The van der Waals surface area contributed by atoms with Gasteiger partial charge < -0.3 is 20.7 Å². The van der Waals surface area contributed by atoms with E-state index >= 15 is 0 Å². The van der Waals surface area contributed by atoms with Crippen LogP contribution in [0, 0.1) is 29.6 Å². The number of carbonyl (C=O) groups is 5. The number of nitrogens with two attached hydrogens (primary N) is 1. The quantitative estimate of drug-likeness (QED) is 0.324. The summed E-state index contributed by atoms with van der Waals surface area (Å²) in [4.78, 5) is 70.3. The first-order valence-electron chi connectivity index (χ1n) is 14.9. The van der Waals surface area contributed by atoms with Crippen LogP contribution in [-0.4, -0.2) is 101 Å². The van der Waals surface area contributed by atoms with Crippen LogP contribution in [0.2, 0.25) is 5.02 Å². The van der Waals surface area contributed by atoms with Crippen molar-refractivity contribution in [3.05, 3.63) is 27.8 Å². The van der Waals surface area contributed by atoms with Crippen LogP contribution >= 0.6 is 11.6 Å². The van der Waals surface area contributed by atoms with E-state index in [9.17, 15) is 34.2 Å². The molecule has 43 heavy (non-hydrogen) atoms. The number of amides is 1. The van der Waals surface area contributed by atoms with Crippen LogP contribution < -0.4 is 5.73 Å². The number of benzene rings is 1. The van der Waals surface area contributed by atoms with E-state index in [1.54, 1.807) is 14.1 Å². The maximum atomic E-state index is 13.9. The van der Waals surface area contributed by atoms with Crippen LogP contribution in [0.1, 0.15) is 54.6 Å². The monoisotopic (exact) mass is 617 g/mol. The maximum absolute atomic E-state index is 13.9. The van der Waals surface area contributed by atoms with Gasteiger partial charge in [-0.3, -0.25) is 33.8 Å². The summed E-state index contributed by atoms with van der Waals surface area (Å²) in [5, 5.41) is 23.1. The third kappa shape index (κ3) is 5.44. The van der Waals surface area contributed by atoms with E-state index in [2.05, 4.69) is 4.90 Å². The van der Waals surface area contributed by atoms with Gasteiger partial charge in [-0.15, -0.1) is 0 Å². The molecule has 1 aromatic rings. The molecule has 4 aliphatic carbocycles. The van der Waals surface area contributed by atoms with Crippen molar-refractivity contribution in [1.29, 1.82) is 0 Å². The average Bonchev–Trinajstić information content (AvgIpc) is 3.72. The highest BCUT2D eigenvalue weighted by Gasteiger charge is 2.69. The van der Waals surface area contributed by atoms with Crippen LogP contribution in [0.5, 0.6) is 5.75 Å². The second kappa shape index (κ2) is 11.7. The molecule has 0 heterocycles. The molecule has 2 unspecified atom stereocenters. The Balaban J connectivity index is 1.50. The van der Waals surface area contributed by atoms with Gasteiger partial charge in [0.2, 0.25) is 5.91 Å². The Morgan fingerprint density at radius 3 is 2.44 bits per heavy atom. The molecule has 4 aliphatic rings. The Bertz CT molecular complexity index is 1370. The lowest BCUT2D eigenvalue weighted by Gasteiger charge is -2.52. The largest absolute Gasteiger partial charge is 0.507 e. The molecular formula is C31H40ClN3O8. The molecule has 1 amide bonds. The maximum Gasteiger partial charge on any atom is 0.235 e. The first kappa shape index (κ1) is 31.7. The van der Waals surface area contributed by atoms with Crippen LogP contribution in [0.3, 0.4) is 0 Å². The van der Waals surface area contributed by atoms with Crippen LogP contribution in [0.4, 0.5) is 0 Å². The number of halogens is 1. The van der Waals surface area contributed by atoms with Crippen molar-refractivity contribution in [2.75, 3.05) is 33.8 Å². The summed E-state index contributed by atoms with van der Waals surface area (Å²) in [6.45, 7) is 6.44. The molecule has 0 bridgehead atoms. The molecule has 0 aromatic heterocycles. The van der Waals surface area contributed by atoms with Gasteiger partial charge in [-0.1, -0.05) is 11.6 Å². The molecule has 11 nitrogen and oxygen atoms in total. The smallest absolute Gasteiger partial charge is 0.235 e. The molecule has 5 rings (SSSR count). The first-order chi connectivity index (χ1) is 20.2. The Labute approximate surface area is 255 Å². The summed E-state index contributed by atoms with van der Waals surface area (Å²) >= 11 is 6.93. The Morgan fingerprint density at radius 1 is 1.19 bits per heavy atom. The number of hydrogen-bond donors (Lipinski definition) is 3. The SMILES string of the molecule is CC(C)OCCN(Cc1cc(O)c2c(c1Cl)C[C@H]1C[C@H]3[C@H](N(C)C)C(=O)C(C(N)=O)C(=O)[C@@]3(O)C(=O)C1C2=O)CC1CC1. The van der Waals surface area contributed by atoms with Gasteiger partial charge in [0, 0.05) is 30.6 Å². The molecule has 6 atom stereocenters. The zero-order valence-electron chi connectivity index (χ0n) is 25.0. The predicted molar refractivity (Wildman–Crippen MR) is 155 cm³/mol. The fraction of sp³-hybridized carbons (Fsp3) is 0.645. The normalized spacial score (nSPS) is 30.6. The summed E-state index contributed by atoms with van der Waals surface area (Å²) < 4.78 is 5.75. The van der Waals surface area contributed by atoms with Gasteiger partial charge in [0.1, 0.15) is 5.75 Å². The van der Waals surface area contributed by atoms with E-state index in [4.69, 9.17) is 22.1 Å². The van der Waals surface area contributed by atoms with E-state index in [0.717, 1.165) is 19.4 Å². The first-order valence-corrected chi connectivity index (χ1v) is 15.3. The zero-order chi connectivity index (χ0) is 31.5. The van der Waals surface area contributed by atoms with Crippen LogP contribution in [0.25, 0.3) is 0 Å². The number of ketones is 4.